The largest absolute Gasteiger partial charge is 0.393 e. The third-order valence-corrected chi connectivity index (χ3v) is 4.63. The highest BCUT2D eigenvalue weighted by Gasteiger charge is 2.01. The number of aliphatic hydroxyl groups is 1. The second-order valence-corrected chi connectivity index (χ2v) is 6.92. The molecule has 0 saturated heterocycles. The Bertz CT molecular complexity index is 586. The first-order chi connectivity index (χ1) is 11.2. The summed E-state index contributed by atoms with van der Waals surface area (Å²) in [5, 5.41) is 12.0. The Morgan fingerprint density at radius 1 is 0.783 bits per heavy atom. The van der Waals surface area contributed by atoms with Gasteiger partial charge in [0.2, 0.25) is 0 Å². The molecule has 0 amide bonds. The van der Waals surface area contributed by atoms with Crippen LogP contribution in [-0.4, -0.2) is 11.2 Å². The minimum absolute atomic E-state index is 0.185. The molecule has 1 unspecified atom stereocenters. The van der Waals surface area contributed by atoms with Crippen molar-refractivity contribution in [2.24, 2.45) is 0 Å². The molecule has 126 valence electrons. The van der Waals surface area contributed by atoms with E-state index in [2.05, 4.69) is 43.3 Å². The molecule has 0 aromatic heterocycles. The van der Waals surface area contributed by atoms with E-state index in [4.69, 9.17) is 0 Å². The molecule has 2 rings (SSSR count). The van der Waals surface area contributed by atoms with Gasteiger partial charge in [0.05, 0.1) is 6.10 Å². The van der Waals surface area contributed by atoms with Gasteiger partial charge in [-0.1, -0.05) is 69.0 Å². The second-order valence-electron chi connectivity index (χ2n) is 6.92. The lowest BCUT2D eigenvalue weighted by atomic mass is 9.99. The van der Waals surface area contributed by atoms with Crippen LogP contribution in [0.4, 0.5) is 0 Å². The zero-order valence-electron chi connectivity index (χ0n) is 14.9. The molecule has 1 nitrogen and oxygen atoms in total. The van der Waals surface area contributed by atoms with Crippen LogP contribution >= 0.6 is 0 Å². The SMILES string of the molecule is CCCCCCCc1ccc2cc(CCCC(C)O)ccc2c1. The Morgan fingerprint density at radius 2 is 1.35 bits per heavy atom. The molecule has 23 heavy (non-hydrogen) atoms. The first kappa shape index (κ1) is 18.0. The second kappa shape index (κ2) is 9.72. The van der Waals surface area contributed by atoms with Crippen molar-refractivity contribution in [2.75, 3.05) is 0 Å². The van der Waals surface area contributed by atoms with Crippen LogP contribution in [-0.2, 0) is 12.8 Å². The molecule has 0 spiro atoms. The predicted octanol–water partition coefficient (Wildman–Crippen LogP) is 6.06. The Kier molecular flexibility index (Phi) is 7.61. The van der Waals surface area contributed by atoms with Crippen molar-refractivity contribution in [2.45, 2.75) is 77.7 Å². The molecule has 1 heteroatoms. The summed E-state index contributed by atoms with van der Waals surface area (Å²) < 4.78 is 0. The molecule has 2 aromatic carbocycles. The highest BCUT2D eigenvalue weighted by Crippen LogP contribution is 2.20. The zero-order valence-corrected chi connectivity index (χ0v) is 14.9. The normalized spacial score (nSPS) is 12.7. The average molecular weight is 312 g/mol. The topological polar surface area (TPSA) is 20.2 Å². The molecule has 0 fully saturated rings. The summed E-state index contributed by atoms with van der Waals surface area (Å²) >= 11 is 0. The molecule has 0 bridgehead atoms. The summed E-state index contributed by atoms with van der Waals surface area (Å²) in [5.41, 5.74) is 2.85. The number of rotatable bonds is 10. The summed E-state index contributed by atoms with van der Waals surface area (Å²) in [7, 11) is 0. The van der Waals surface area contributed by atoms with Gasteiger partial charge in [-0.05, 0) is 60.9 Å². The van der Waals surface area contributed by atoms with Crippen molar-refractivity contribution in [3.63, 3.8) is 0 Å². The van der Waals surface area contributed by atoms with Crippen LogP contribution in [0.1, 0.15) is 69.9 Å². The lowest BCUT2D eigenvalue weighted by Gasteiger charge is -2.07. The van der Waals surface area contributed by atoms with E-state index in [0.29, 0.717) is 0 Å². The standard InChI is InChI=1S/C22H32O/c1-3-4-5-6-7-10-19-12-14-22-17-20(11-8-9-18(2)23)13-15-21(22)16-19/h12-18,23H,3-11H2,1-2H3. The summed E-state index contributed by atoms with van der Waals surface area (Å²) in [6.07, 6.45) is 10.7. The summed E-state index contributed by atoms with van der Waals surface area (Å²) in [6.45, 7) is 4.13. The Labute approximate surface area is 141 Å². The highest BCUT2D eigenvalue weighted by atomic mass is 16.3. The van der Waals surface area contributed by atoms with Crippen molar-refractivity contribution in [1.82, 2.24) is 0 Å². The molecule has 0 saturated carbocycles. The fourth-order valence-corrected chi connectivity index (χ4v) is 3.19. The van der Waals surface area contributed by atoms with Crippen molar-refractivity contribution < 1.29 is 5.11 Å². The number of hydrogen-bond acceptors (Lipinski definition) is 1. The molecule has 0 aliphatic heterocycles. The summed E-state index contributed by atoms with van der Waals surface area (Å²) in [4.78, 5) is 0. The molecule has 0 radical (unpaired) electrons. The minimum atomic E-state index is -0.185. The monoisotopic (exact) mass is 312 g/mol. The van der Waals surface area contributed by atoms with E-state index in [1.165, 1.54) is 60.4 Å². The van der Waals surface area contributed by atoms with E-state index in [-0.39, 0.29) is 6.10 Å². The van der Waals surface area contributed by atoms with E-state index in [1.807, 2.05) is 6.92 Å². The quantitative estimate of drug-likeness (QED) is 0.529. The van der Waals surface area contributed by atoms with Crippen LogP contribution in [0.2, 0.25) is 0 Å². The van der Waals surface area contributed by atoms with Gasteiger partial charge in [-0.15, -0.1) is 0 Å². The lowest BCUT2D eigenvalue weighted by molar-refractivity contribution is 0.182. The smallest absolute Gasteiger partial charge is 0.0512 e. The number of unbranched alkanes of at least 4 members (excludes halogenated alkanes) is 4. The van der Waals surface area contributed by atoms with E-state index in [0.717, 1.165) is 19.3 Å². The molecule has 1 N–H and O–H groups in total. The van der Waals surface area contributed by atoms with Gasteiger partial charge < -0.3 is 5.11 Å². The van der Waals surface area contributed by atoms with Gasteiger partial charge in [-0.3, -0.25) is 0 Å². The van der Waals surface area contributed by atoms with Crippen molar-refractivity contribution >= 4 is 10.8 Å². The van der Waals surface area contributed by atoms with Crippen LogP contribution < -0.4 is 0 Å². The van der Waals surface area contributed by atoms with Gasteiger partial charge in [0.25, 0.3) is 0 Å². The third kappa shape index (κ3) is 6.35. The maximum absolute atomic E-state index is 9.35. The van der Waals surface area contributed by atoms with Gasteiger partial charge in [-0.2, -0.15) is 0 Å². The fraction of sp³-hybridized carbons (Fsp3) is 0.545. The minimum Gasteiger partial charge on any atom is -0.393 e. The van der Waals surface area contributed by atoms with Crippen molar-refractivity contribution in [3.05, 3.63) is 47.5 Å². The van der Waals surface area contributed by atoms with Crippen LogP contribution in [0.5, 0.6) is 0 Å². The van der Waals surface area contributed by atoms with Gasteiger partial charge in [0.15, 0.2) is 0 Å². The molecule has 0 heterocycles. The lowest BCUT2D eigenvalue weighted by Crippen LogP contribution is -1.99. The Balaban J connectivity index is 1.90. The van der Waals surface area contributed by atoms with Crippen LogP contribution in [0.3, 0.4) is 0 Å². The zero-order chi connectivity index (χ0) is 16.5. The first-order valence-corrected chi connectivity index (χ1v) is 9.38. The molecular formula is C22H32O. The van der Waals surface area contributed by atoms with E-state index in [1.54, 1.807) is 0 Å². The molecule has 1 atom stereocenters. The number of hydrogen-bond donors (Lipinski definition) is 1. The number of benzene rings is 2. The molecule has 2 aromatic rings. The fourth-order valence-electron chi connectivity index (χ4n) is 3.19. The Morgan fingerprint density at radius 3 is 1.91 bits per heavy atom. The summed E-state index contributed by atoms with van der Waals surface area (Å²) in [5.74, 6) is 0. The predicted molar refractivity (Wildman–Crippen MR) is 101 cm³/mol. The first-order valence-electron chi connectivity index (χ1n) is 9.38. The van der Waals surface area contributed by atoms with E-state index in [9.17, 15) is 5.11 Å². The van der Waals surface area contributed by atoms with Gasteiger partial charge in [0.1, 0.15) is 0 Å². The van der Waals surface area contributed by atoms with Crippen LogP contribution in [0, 0.1) is 0 Å². The third-order valence-electron chi connectivity index (χ3n) is 4.63. The van der Waals surface area contributed by atoms with Crippen LogP contribution in [0.25, 0.3) is 10.8 Å². The van der Waals surface area contributed by atoms with E-state index >= 15 is 0 Å². The molecular weight excluding hydrogens is 280 g/mol. The highest BCUT2D eigenvalue weighted by molar-refractivity contribution is 5.83. The van der Waals surface area contributed by atoms with Gasteiger partial charge in [-0.25, -0.2) is 0 Å². The average Bonchev–Trinajstić information content (AvgIpc) is 2.54. The Hall–Kier alpha value is -1.34. The maximum Gasteiger partial charge on any atom is 0.0512 e. The maximum atomic E-state index is 9.35. The van der Waals surface area contributed by atoms with Crippen LogP contribution in [0.15, 0.2) is 36.4 Å². The number of aliphatic hydroxyl groups excluding tert-OH is 1. The van der Waals surface area contributed by atoms with Gasteiger partial charge in [0, 0.05) is 0 Å². The number of aryl methyl sites for hydroxylation is 2. The van der Waals surface area contributed by atoms with Crippen molar-refractivity contribution in [3.8, 4) is 0 Å². The molecule has 0 aliphatic carbocycles. The van der Waals surface area contributed by atoms with Crippen molar-refractivity contribution in [1.29, 1.82) is 0 Å². The van der Waals surface area contributed by atoms with Gasteiger partial charge >= 0.3 is 0 Å². The molecule has 0 aliphatic rings. The van der Waals surface area contributed by atoms with E-state index < -0.39 is 0 Å². The number of fused-ring (bicyclic) bond motifs is 1. The summed E-state index contributed by atoms with van der Waals surface area (Å²) in [6, 6.07) is 13.7.